The number of anilines is 2. The number of hydrogen-bond donors (Lipinski definition) is 2. The van der Waals surface area contributed by atoms with Crippen molar-refractivity contribution in [2.24, 2.45) is 0 Å². The van der Waals surface area contributed by atoms with Crippen LogP contribution in [0, 0.1) is 0 Å². The Balaban J connectivity index is 1.33. The number of para-hydroxylation sites is 2. The van der Waals surface area contributed by atoms with E-state index < -0.39 is 0 Å². The normalized spacial score (nSPS) is 10.3. The zero-order valence-corrected chi connectivity index (χ0v) is 16.1. The molecule has 2 N–H and O–H groups in total. The molecule has 0 radical (unpaired) electrons. The Labute approximate surface area is 168 Å². The van der Waals surface area contributed by atoms with E-state index in [1.807, 2.05) is 48.5 Å². The molecule has 3 aromatic rings. The second kappa shape index (κ2) is 11.9. The topological polar surface area (TPSA) is 42.5 Å². The molecule has 0 spiro atoms. The number of benzene rings is 3. The van der Waals surface area contributed by atoms with Crippen LogP contribution in [0.4, 0.5) is 11.4 Å². The van der Waals surface area contributed by atoms with Crippen molar-refractivity contribution in [3.63, 3.8) is 0 Å². The summed E-state index contributed by atoms with van der Waals surface area (Å²) < 4.78 is 11.7. The first kappa shape index (κ1) is 20.1. The van der Waals surface area contributed by atoms with Gasteiger partial charge in [-0.15, -0.1) is 0 Å². The molecule has 0 atom stereocenters. The highest BCUT2D eigenvalue weighted by atomic mass is 16.4. The Morgan fingerprint density at radius 3 is 1.36 bits per heavy atom. The third-order valence-corrected chi connectivity index (χ3v) is 4.33. The second-order valence-electron chi connectivity index (χ2n) is 6.46. The van der Waals surface area contributed by atoms with Crippen LogP contribution < -0.4 is 21.6 Å². The van der Waals surface area contributed by atoms with E-state index >= 15 is 0 Å². The van der Waals surface area contributed by atoms with Crippen LogP contribution in [-0.4, -0.2) is 41.3 Å². The fourth-order valence-corrected chi connectivity index (χ4v) is 2.85. The van der Waals surface area contributed by atoms with Gasteiger partial charge in [0.05, 0.1) is 0 Å². The van der Waals surface area contributed by atoms with E-state index in [-0.39, 0.29) is 0 Å². The lowest BCUT2D eigenvalue weighted by atomic mass is 9.73. The van der Waals surface area contributed by atoms with Crippen molar-refractivity contribution in [3.05, 3.63) is 84.9 Å². The van der Waals surface area contributed by atoms with Crippen LogP contribution in [0.1, 0.15) is 0 Å². The van der Waals surface area contributed by atoms with Crippen molar-refractivity contribution in [1.82, 2.24) is 0 Å². The maximum Gasteiger partial charge on any atom is 0.308 e. The van der Waals surface area contributed by atoms with Gasteiger partial charge >= 0.3 is 15.0 Å². The van der Waals surface area contributed by atoms with E-state index in [2.05, 4.69) is 47.0 Å². The van der Waals surface area contributed by atoms with Gasteiger partial charge in [0.15, 0.2) is 0 Å². The lowest BCUT2D eigenvalue weighted by molar-refractivity contribution is 0.357. The second-order valence-corrected chi connectivity index (χ2v) is 6.46. The largest absolute Gasteiger partial charge is 0.433 e. The van der Waals surface area contributed by atoms with Gasteiger partial charge in [-0.1, -0.05) is 71.6 Å². The van der Waals surface area contributed by atoms with Gasteiger partial charge in [-0.3, -0.25) is 0 Å². The summed E-state index contributed by atoms with van der Waals surface area (Å²) in [5.41, 5.74) is 4.59. The smallest absolute Gasteiger partial charge is 0.308 e. The molecule has 0 amide bonds. The summed E-state index contributed by atoms with van der Waals surface area (Å²) in [4.78, 5) is 0. The lowest BCUT2D eigenvalue weighted by Crippen LogP contribution is -2.38. The Hall–Kier alpha value is -2.69. The molecule has 0 saturated carbocycles. The minimum absolute atomic E-state index is 0.596. The van der Waals surface area contributed by atoms with Crippen LogP contribution in [0.3, 0.4) is 0 Å². The zero-order valence-electron chi connectivity index (χ0n) is 16.1. The van der Waals surface area contributed by atoms with Crippen molar-refractivity contribution in [3.8, 4) is 0 Å². The van der Waals surface area contributed by atoms with Crippen molar-refractivity contribution in [2.75, 3.05) is 36.9 Å². The van der Waals surface area contributed by atoms with Gasteiger partial charge in [-0.2, -0.15) is 0 Å². The van der Waals surface area contributed by atoms with E-state index in [1.54, 1.807) is 0 Å². The third-order valence-electron chi connectivity index (χ3n) is 4.33. The first-order chi connectivity index (χ1) is 13.9. The molecule has 4 nitrogen and oxygen atoms in total. The van der Waals surface area contributed by atoms with Crippen LogP contribution in [0.25, 0.3) is 0 Å². The Kier molecular flexibility index (Phi) is 8.53. The monoisotopic (exact) mass is 372 g/mol. The van der Waals surface area contributed by atoms with Gasteiger partial charge in [0, 0.05) is 37.7 Å². The predicted octanol–water partition coefficient (Wildman–Crippen LogP) is 1.90. The molecule has 0 aliphatic heterocycles. The van der Waals surface area contributed by atoms with Crippen LogP contribution in [0.15, 0.2) is 84.9 Å². The van der Waals surface area contributed by atoms with E-state index in [1.165, 1.54) is 10.9 Å². The minimum atomic E-state index is 0.596. The van der Waals surface area contributed by atoms with E-state index in [9.17, 15) is 0 Å². The molecule has 142 valence electrons. The molecule has 0 heterocycles. The summed E-state index contributed by atoms with van der Waals surface area (Å²) >= 11 is 0. The molecule has 3 rings (SSSR count). The Bertz CT molecular complexity index is 735. The Morgan fingerprint density at radius 1 is 0.536 bits per heavy atom. The molecule has 0 bridgehead atoms. The molecule has 0 aliphatic rings. The molecular weight excluding hydrogens is 346 g/mol. The lowest BCUT2D eigenvalue weighted by Gasteiger charge is -2.11. The van der Waals surface area contributed by atoms with E-state index in [4.69, 9.17) is 9.31 Å². The molecule has 3 aromatic carbocycles. The van der Waals surface area contributed by atoms with Crippen molar-refractivity contribution < 1.29 is 9.31 Å². The summed E-state index contributed by atoms with van der Waals surface area (Å²) in [7, 11) is 1.19. The van der Waals surface area contributed by atoms with Gasteiger partial charge in [0.25, 0.3) is 0 Å². The number of hydrogen-bond acceptors (Lipinski definition) is 4. The third kappa shape index (κ3) is 7.14. The van der Waals surface area contributed by atoms with Crippen molar-refractivity contribution >= 4 is 37.3 Å². The van der Waals surface area contributed by atoms with Gasteiger partial charge in [-0.25, -0.2) is 0 Å². The van der Waals surface area contributed by atoms with Gasteiger partial charge in [0.1, 0.15) is 0 Å². The SMILES string of the molecule is B(OCCNc1ccccc1)c1ccccc1BOCCNc1ccccc1. The van der Waals surface area contributed by atoms with Gasteiger partial charge in [0.2, 0.25) is 0 Å². The fourth-order valence-electron chi connectivity index (χ4n) is 2.85. The zero-order chi connectivity index (χ0) is 19.3. The average molecular weight is 372 g/mol. The Morgan fingerprint density at radius 2 is 0.929 bits per heavy atom. The molecule has 0 saturated heterocycles. The van der Waals surface area contributed by atoms with Crippen LogP contribution in [0.5, 0.6) is 0 Å². The first-order valence-electron chi connectivity index (χ1n) is 9.72. The molecule has 28 heavy (non-hydrogen) atoms. The van der Waals surface area contributed by atoms with E-state index in [0.29, 0.717) is 28.2 Å². The summed E-state index contributed by atoms with van der Waals surface area (Å²) in [6.07, 6.45) is 0. The van der Waals surface area contributed by atoms with Gasteiger partial charge in [-0.05, 0) is 24.3 Å². The molecular formula is C22H26B2N2O2. The minimum Gasteiger partial charge on any atom is -0.433 e. The first-order valence-corrected chi connectivity index (χ1v) is 9.72. The summed E-state index contributed by atoms with van der Waals surface area (Å²) in [6, 6.07) is 28.6. The van der Waals surface area contributed by atoms with Crippen LogP contribution in [-0.2, 0) is 9.31 Å². The van der Waals surface area contributed by atoms with Gasteiger partial charge < -0.3 is 19.9 Å². The fraction of sp³-hybridized carbons (Fsp3) is 0.182. The summed E-state index contributed by atoms with van der Waals surface area (Å²) in [5.74, 6) is 0. The quantitative estimate of drug-likeness (QED) is 0.377. The number of nitrogens with one attached hydrogen (secondary N) is 2. The maximum absolute atomic E-state index is 5.84. The maximum atomic E-state index is 5.84. The highest BCUT2D eigenvalue weighted by molar-refractivity contribution is 6.61. The summed E-state index contributed by atoms with van der Waals surface area (Å²) in [6.45, 7) is 2.89. The molecule has 6 heteroatoms. The van der Waals surface area contributed by atoms with Crippen LogP contribution >= 0.6 is 0 Å². The van der Waals surface area contributed by atoms with Crippen molar-refractivity contribution in [1.29, 1.82) is 0 Å². The summed E-state index contributed by atoms with van der Waals surface area (Å²) in [5, 5.41) is 6.70. The predicted molar refractivity (Wildman–Crippen MR) is 122 cm³/mol. The highest BCUT2D eigenvalue weighted by Gasteiger charge is 2.06. The molecule has 0 fully saturated rings. The average Bonchev–Trinajstić information content (AvgIpc) is 2.76. The standard InChI is InChI=1S/C22H26B2N2O2/c1-3-9-19(10-4-1)25-15-17-27-23-21-13-7-8-14-22(21)24-28-18-16-26-20-11-5-2-6-12-20/h1-14,23-26H,15-18H2. The highest BCUT2D eigenvalue weighted by Crippen LogP contribution is 2.04. The van der Waals surface area contributed by atoms with E-state index in [0.717, 1.165) is 24.5 Å². The van der Waals surface area contributed by atoms with Crippen LogP contribution in [0.2, 0.25) is 0 Å². The molecule has 0 aromatic heterocycles. The molecule has 0 aliphatic carbocycles. The molecule has 0 unspecified atom stereocenters. The number of rotatable bonds is 12. The van der Waals surface area contributed by atoms with Crippen molar-refractivity contribution in [2.45, 2.75) is 0 Å².